The molecule has 0 amide bonds. The first-order valence-electron chi connectivity index (χ1n) is 9.55. The maximum absolute atomic E-state index is 5.96. The second-order valence-electron chi connectivity index (χ2n) is 7.36. The highest BCUT2D eigenvalue weighted by molar-refractivity contribution is 7.34. The third-order valence-electron chi connectivity index (χ3n) is 4.66. The third kappa shape index (κ3) is 5.93. The number of nitrogens with one attached hydrogen (secondary N) is 2. The van der Waals surface area contributed by atoms with Crippen molar-refractivity contribution in [2.75, 3.05) is 5.09 Å². The first kappa shape index (κ1) is 21.6. The Morgan fingerprint density at radius 2 is 1.21 bits per heavy atom. The predicted octanol–water partition coefficient (Wildman–Crippen LogP) is 6.72. The number of aryl methyl sites for hydroxylation is 2. The van der Waals surface area contributed by atoms with Gasteiger partial charge in [0.25, 0.3) is 0 Å². The van der Waals surface area contributed by atoms with E-state index in [0.29, 0.717) is 0 Å². The standard InChI is InChI=1S/C23H28N2O2P2/c1-17-11-5-9-15-21(17)26-28-24-20-14-8-7-13-19(20)23(3,4)25-29-27-22-16-10-6-12-18(22)2/h5-16,24-25,28-29H,1-4H3. The zero-order valence-corrected chi connectivity index (χ0v) is 19.2. The highest BCUT2D eigenvalue weighted by atomic mass is 31.1. The Kier molecular flexibility index (Phi) is 7.50. The van der Waals surface area contributed by atoms with Crippen molar-refractivity contribution in [3.8, 4) is 11.5 Å². The van der Waals surface area contributed by atoms with Crippen LogP contribution < -0.4 is 19.2 Å². The van der Waals surface area contributed by atoms with Gasteiger partial charge in [0.1, 0.15) is 20.5 Å². The first-order chi connectivity index (χ1) is 14.0. The summed E-state index contributed by atoms with van der Waals surface area (Å²) in [7, 11) is 0.281. The molecular weight excluding hydrogens is 398 g/mol. The van der Waals surface area contributed by atoms with Crippen LogP contribution in [-0.2, 0) is 5.54 Å². The van der Waals surface area contributed by atoms with Crippen LogP contribution in [0.1, 0.15) is 30.5 Å². The van der Waals surface area contributed by atoms with Crippen LogP contribution in [0.3, 0.4) is 0 Å². The van der Waals surface area contributed by atoms with E-state index in [2.05, 4.69) is 68.2 Å². The number of hydrogen-bond donors (Lipinski definition) is 2. The molecule has 0 aliphatic heterocycles. The van der Waals surface area contributed by atoms with E-state index in [0.717, 1.165) is 28.3 Å². The van der Waals surface area contributed by atoms with Crippen molar-refractivity contribution in [2.24, 2.45) is 0 Å². The van der Waals surface area contributed by atoms with Gasteiger partial charge in [0, 0.05) is 11.2 Å². The molecule has 3 aromatic rings. The van der Waals surface area contributed by atoms with Crippen LogP contribution >= 0.6 is 17.9 Å². The summed E-state index contributed by atoms with van der Waals surface area (Å²) in [5, 5.41) is 6.98. The van der Waals surface area contributed by atoms with E-state index >= 15 is 0 Å². The molecule has 0 radical (unpaired) electrons. The molecule has 0 aromatic heterocycles. The zero-order valence-electron chi connectivity index (χ0n) is 17.2. The van der Waals surface area contributed by atoms with Crippen LogP contribution in [-0.4, -0.2) is 0 Å². The van der Waals surface area contributed by atoms with Crippen molar-refractivity contribution in [2.45, 2.75) is 33.2 Å². The van der Waals surface area contributed by atoms with Crippen molar-refractivity contribution in [3.63, 3.8) is 0 Å². The fraction of sp³-hybridized carbons (Fsp3) is 0.217. The summed E-state index contributed by atoms with van der Waals surface area (Å²) in [4.78, 5) is 0. The minimum absolute atomic E-state index is 0.130. The Morgan fingerprint density at radius 1 is 0.690 bits per heavy atom. The van der Waals surface area contributed by atoms with Gasteiger partial charge in [-0.15, -0.1) is 0 Å². The normalized spacial score (nSPS) is 12.0. The molecule has 0 spiro atoms. The fourth-order valence-corrected chi connectivity index (χ4v) is 4.39. The molecule has 2 N–H and O–H groups in total. The summed E-state index contributed by atoms with van der Waals surface area (Å²) >= 11 is 0. The molecule has 0 heterocycles. The summed E-state index contributed by atoms with van der Waals surface area (Å²) < 4.78 is 11.9. The topological polar surface area (TPSA) is 42.5 Å². The molecule has 2 unspecified atom stereocenters. The monoisotopic (exact) mass is 426 g/mol. The molecule has 0 saturated carbocycles. The van der Waals surface area contributed by atoms with E-state index < -0.39 is 0 Å². The van der Waals surface area contributed by atoms with Gasteiger partial charge in [0.2, 0.25) is 0 Å². The molecule has 6 heteroatoms. The van der Waals surface area contributed by atoms with E-state index in [1.165, 1.54) is 5.56 Å². The van der Waals surface area contributed by atoms with Crippen molar-refractivity contribution in [3.05, 3.63) is 89.5 Å². The van der Waals surface area contributed by atoms with Gasteiger partial charge in [-0.1, -0.05) is 54.6 Å². The van der Waals surface area contributed by atoms with E-state index in [4.69, 9.17) is 9.05 Å². The highest BCUT2D eigenvalue weighted by Crippen LogP contribution is 2.34. The van der Waals surface area contributed by atoms with Crippen LogP contribution in [0.2, 0.25) is 0 Å². The average molecular weight is 426 g/mol. The van der Waals surface area contributed by atoms with Crippen LogP contribution in [0, 0.1) is 13.8 Å². The van der Waals surface area contributed by atoms with Crippen LogP contribution in [0.5, 0.6) is 11.5 Å². The van der Waals surface area contributed by atoms with E-state index in [-0.39, 0.29) is 23.5 Å². The smallest absolute Gasteiger partial charge is 0.174 e. The van der Waals surface area contributed by atoms with Crippen molar-refractivity contribution >= 4 is 23.6 Å². The Balaban J connectivity index is 1.61. The lowest BCUT2D eigenvalue weighted by Gasteiger charge is -2.29. The summed E-state index contributed by atoms with van der Waals surface area (Å²) in [6.45, 7) is 8.43. The van der Waals surface area contributed by atoms with E-state index in [9.17, 15) is 0 Å². The summed E-state index contributed by atoms with van der Waals surface area (Å²) in [5.74, 6) is 1.81. The molecule has 0 fully saturated rings. The molecule has 152 valence electrons. The van der Waals surface area contributed by atoms with Gasteiger partial charge in [-0.05, 0) is 62.6 Å². The van der Waals surface area contributed by atoms with Crippen molar-refractivity contribution < 1.29 is 9.05 Å². The minimum atomic E-state index is -0.266. The van der Waals surface area contributed by atoms with E-state index in [1.807, 2.05) is 42.5 Å². The van der Waals surface area contributed by atoms with Crippen molar-refractivity contribution in [1.82, 2.24) is 5.09 Å². The zero-order chi connectivity index (χ0) is 20.7. The van der Waals surface area contributed by atoms with Gasteiger partial charge >= 0.3 is 0 Å². The molecule has 4 nitrogen and oxygen atoms in total. The van der Waals surface area contributed by atoms with Gasteiger partial charge < -0.3 is 14.1 Å². The SMILES string of the molecule is Cc1ccccc1OPNc1ccccc1C(C)(C)NPOc1ccccc1C. The fourth-order valence-electron chi connectivity index (χ4n) is 2.89. The van der Waals surface area contributed by atoms with Crippen LogP contribution in [0.25, 0.3) is 0 Å². The highest BCUT2D eigenvalue weighted by Gasteiger charge is 2.23. The second kappa shape index (κ2) is 10.1. The van der Waals surface area contributed by atoms with Crippen LogP contribution in [0.4, 0.5) is 5.69 Å². The summed E-state index contributed by atoms with van der Waals surface area (Å²) in [5.41, 5.74) is 4.22. The number of hydrogen-bond acceptors (Lipinski definition) is 4. The molecule has 3 rings (SSSR count). The first-order valence-corrected chi connectivity index (χ1v) is 11.4. The summed E-state index contributed by atoms with van der Waals surface area (Å²) in [6, 6.07) is 24.4. The number of benzene rings is 3. The lowest BCUT2D eigenvalue weighted by Crippen LogP contribution is -2.31. The number of para-hydroxylation sites is 3. The summed E-state index contributed by atoms with van der Waals surface area (Å²) in [6.07, 6.45) is 0. The molecule has 0 aliphatic rings. The lowest BCUT2D eigenvalue weighted by atomic mass is 9.94. The minimum Gasteiger partial charge on any atom is -0.461 e. The van der Waals surface area contributed by atoms with Crippen LogP contribution in [0.15, 0.2) is 72.8 Å². The van der Waals surface area contributed by atoms with E-state index in [1.54, 1.807) is 0 Å². The van der Waals surface area contributed by atoms with Gasteiger partial charge in [-0.3, -0.25) is 5.09 Å². The van der Waals surface area contributed by atoms with Gasteiger partial charge in [0.15, 0.2) is 8.96 Å². The molecule has 0 saturated heterocycles. The molecule has 0 bridgehead atoms. The number of anilines is 1. The average Bonchev–Trinajstić information content (AvgIpc) is 2.71. The maximum atomic E-state index is 5.96. The number of rotatable bonds is 9. The quantitative estimate of drug-likeness (QED) is 0.373. The van der Waals surface area contributed by atoms with Gasteiger partial charge in [0.05, 0.1) is 0 Å². The van der Waals surface area contributed by atoms with Gasteiger partial charge in [-0.25, -0.2) is 0 Å². The third-order valence-corrected chi connectivity index (χ3v) is 6.40. The van der Waals surface area contributed by atoms with Gasteiger partial charge in [-0.2, -0.15) is 0 Å². The lowest BCUT2D eigenvalue weighted by molar-refractivity contribution is 0.484. The Hall–Kier alpha value is -2.12. The maximum Gasteiger partial charge on any atom is 0.174 e. The van der Waals surface area contributed by atoms with Crippen molar-refractivity contribution in [1.29, 1.82) is 0 Å². The Morgan fingerprint density at radius 3 is 1.83 bits per heavy atom. The largest absolute Gasteiger partial charge is 0.461 e. The second-order valence-corrected chi connectivity index (χ2v) is 8.68. The Bertz CT molecular complexity index is 947. The molecule has 3 aromatic carbocycles. The molecule has 29 heavy (non-hydrogen) atoms. The molecule has 0 aliphatic carbocycles. The molecule has 2 atom stereocenters. The Labute approximate surface area is 177 Å². The molecular formula is C23H28N2O2P2. The predicted molar refractivity (Wildman–Crippen MR) is 126 cm³/mol.